The van der Waals surface area contributed by atoms with Gasteiger partial charge in [0.1, 0.15) is 0 Å². The SMILES string of the molecule is C=CC=CCCCCCCCC(C)OC(C)=O. The van der Waals surface area contributed by atoms with E-state index in [0.717, 1.165) is 19.3 Å². The molecular formula is C15H26O2. The molecule has 0 aromatic rings. The van der Waals surface area contributed by atoms with Crippen LogP contribution in [0, 0.1) is 0 Å². The summed E-state index contributed by atoms with van der Waals surface area (Å²) in [7, 11) is 0. The minimum Gasteiger partial charge on any atom is -0.463 e. The van der Waals surface area contributed by atoms with E-state index in [1.54, 1.807) is 0 Å². The van der Waals surface area contributed by atoms with E-state index < -0.39 is 0 Å². The fourth-order valence-electron chi connectivity index (χ4n) is 1.76. The fraction of sp³-hybridized carbons (Fsp3) is 0.667. The Kier molecular flexibility index (Phi) is 10.7. The van der Waals surface area contributed by atoms with Gasteiger partial charge in [-0.1, -0.05) is 44.1 Å². The Labute approximate surface area is 106 Å². The lowest BCUT2D eigenvalue weighted by Gasteiger charge is -2.10. The van der Waals surface area contributed by atoms with Crippen molar-refractivity contribution in [3.05, 3.63) is 24.8 Å². The first-order valence-electron chi connectivity index (χ1n) is 6.61. The van der Waals surface area contributed by atoms with Crippen LogP contribution in [0.15, 0.2) is 24.8 Å². The van der Waals surface area contributed by atoms with Crippen molar-refractivity contribution >= 4 is 5.97 Å². The van der Waals surface area contributed by atoms with Gasteiger partial charge in [0.25, 0.3) is 0 Å². The van der Waals surface area contributed by atoms with Crippen LogP contribution in [0.25, 0.3) is 0 Å². The second-order valence-electron chi connectivity index (χ2n) is 4.43. The molecule has 2 nitrogen and oxygen atoms in total. The normalized spacial score (nSPS) is 12.6. The molecule has 0 rings (SSSR count). The van der Waals surface area contributed by atoms with Gasteiger partial charge in [0, 0.05) is 6.92 Å². The summed E-state index contributed by atoms with van der Waals surface area (Å²) in [6.45, 7) is 7.06. The van der Waals surface area contributed by atoms with Crippen molar-refractivity contribution in [3.63, 3.8) is 0 Å². The number of hydrogen-bond donors (Lipinski definition) is 0. The number of allylic oxidation sites excluding steroid dienone is 3. The monoisotopic (exact) mass is 238 g/mol. The molecule has 2 heteroatoms. The largest absolute Gasteiger partial charge is 0.463 e. The molecule has 0 N–H and O–H groups in total. The Morgan fingerprint density at radius 1 is 1.24 bits per heavy atom. The van der Waals surface area contributed by atoms with Crippen LogP contribution in [0.4, 0.5) is 0 Å². The van der Waals surface area contributed by atoms with E-state index in [2.05, 4.69) is 12.7 Å². The van der Waals surface area contributed by atoms with Gasteiger partial charge in [0.15, 0.2) is 0 Å². The van der Waals surface area contributed by atoms with Crippen molar-refractivity contribution in [2.75, 3.05) is 0 Å². The Morgan fingerprint density at radius 3 is 2.53 bits per heavy atom. The van der Waals surface area contributed by atoms with Crippen LogP contribution in [0.5, 0.6) is 0 Å². The van der Waals surface area contributed by atoms with Crippen molar-refractivity contribution in [1.82, 2.24) is 0 Å². The number of rotatable bonds is 10. The molecule has 0 fully saturated rings. The summed E-state index contributed by atoms with van der Waals surface area (Å²) in [5, 5.41) is 0. The van der Waals surface area contributed by atoms with Gasteiger partial charge in [-0.15, -0.1) is 0 Å². The standard InChI is InChI=1S/C15H26O2/c1-4-5-6-7-8-9-10-11-12-13-14(2)17-15(3)16/h4-6,14H,1,7-13H2,2-3H3. The number of esters is 1. The van der Waals surface area contributed by atoms with Gasteiger partial charge < -0.3 is 4.74 Å². The fourth-order valence-corrected chi connectivity index (χ4v) is 1.76. The molecule has 98 valence electrons. The van der Waals surface area contributed by atoms with Crippen LogP contribution in [-0.4, -0.2) is 12.1 Å². The Morgan fingerprint density at radius 2 is 1.88 bits per heavy atom. The molecule has 17 heavy (non-hydrogen) atoms. The zero-order chi connectivity index (χ0) is 12.9. The molecule has 0 bridgehead atoms. The van der Waals surface area contributed by atoms with E-state index in [0.29, 0.717) is 0 Å². The van der Waals surface area contributed by atoms with E-state index >= 15 is 0 Å². The van der Waals surface area contributed by atoms with Crippen molar-refractivity contribution in [1.29, 1.82) is 0 Å². The second-order valence-corrected chi connectivity index (χ2v) is 4.43. The summed E-state index contributed by atoms with van der Waals surface area (Å²) in [5.41, 5.74) is 0. The van der Waals surface area contributed by atoms with Crippen molar-refractivity contribution < 1.29 is 9.53 Å². The molecular weight excluding hydrogens is 212 g/mol. The molecule has 0 aromatic carbocycles. The zero-order valence-electron chi connectivity index (χ0n) is 11.3. The van der Waals surface area contributed by atoms with Crippen LogP contribution in [0.1, 0.15) is 58.8 Å². The third-order valence-corrected chi connectivity index (χ3v) is 2.62. The summed E-state index contributed by atoms with van der Waals surface area (Å²) in [4.78, 5) is 10.7. The highest BCUT2D eigenvalue weighted by Gasteiger charge is 2.04. The molecule has 0 spiro atoms. The van der Waals surface area contributed by atoms with Crippen LogP contribution in [0.2, 0.25) is 0 Å². The molecule has 0 aromatic heterocycles. The third-order valence-electron chi connectivity index (χ3n) is 2.62. The lowest BCUT2D eigenvalue weighted by molar-refractivity contribution is -0.145. The maximum atomic E-state index is 10.7. The lowest BCUT2D eigenvalue weighted by Crippen LogP contribution is -2.11. The Balaban J connectivity index is 3.20. The summed E-state index contributed by atoms with van der Waals surface area (Å²) in [6, 6.07) is 0. The topological polar surface area (TPSA) is 26.3 Å². The summed E-state index contributed by atoms with van der Waals surface area (Å²) < 4.78 is 5.06. The van der Waals surface area contributed by atoms with Crippen molar-refractivity contribution in [2.45, 2.75) is 64.9 Å². The average molecular weight is 238 g/mol. The maximum absolute atomic E-state index is 10.7. The van der Waals surface area contributed by atoms with Crippen molar-refractivity contribution in [2.24, 2.45) is 0 Å². The molecule has 0 radical (unpaired) electrons. The van der Waals surface area contributed by atoms with E-state index in [1.807, 2.05) is 19.1 Å². The maximum Gasteiger partial charge on any atom is 0.302 e. The van der Waals surface area contributed by atoms with E-state index in [1.165, 1.54) is 32.6 Å². The first kappa shape index (κ1) is 16.0. The second kappa shape index (κ2) is 11.4. The van der Waals surface area contributed by atoms with Gasteiger partial charge in [-0.3, -0.25) is 4.79 Å². The third kappa shape index (κ3) is 12.9. The number of ether oxygens (including phenoxy) is 1. The molecule has 0 aliphatic rings. The summed E-state index contributed by atoms with van der Waals surface area (Å²) in [6.07, 6.45) is 14.4. The van der Waals surface area contributed by atoms with Crippen LogP contribution < -0.4 is 0 Å². The van der Waals surface area contributed by atoms with Gasteiger partial charge in [-0.05, 0) is 32.6 Å². The van der Waals surface area contributed by atoms with Crippen LogP contribution in [0.3, 0.4) is 0 Å². The quantitative estimate of drug-likeness (QED) is 0.320. The van der Waals surface area contributed by atoms with Gasteiger partial charge in [0.05, 0.1) is 6.10 Å². The molecule has 0 saturated heterocycles. The number of carbonyl (C=O) groups is 1. The highest BCUT2D eigenvalue weighted by Crippen LogP contribution is 2.10. The summed E-state index contributed by atoms with van der Waals surface area (Å²) >= 11 is 0. The lowest BCUT2D eigenvalue weighted by atomic mass is 10.1. The van der Waals surface area contributed by atoms with Crippen LogP contribution in [-0.2, 0) is 9.53 Å². The van der Waals surface area contributed by atoms with Crippen LogP contribution >= 0.6 is 0 Å². The molecule has 0 saturated carbocycles. The van der Waals surface area contributed by atoms with Gasteiger partial charge in [0.2, 0.25) is 0 Å². The van der Waals surface area contributed by atoms with Gasteiger partial charge in [-0.25, -0.2) is 0 Å². The number of carbonyl (C=O) groups excluding carboxylic acids is 1. The Hall–Kier alpha value is -1.05. The smallest absolute Gasteiger partial charge is 0.302 e. The van der Waals surface area contributed by atoms with Crippen molar-refractivity contribution in [3.8, 4) is 0 Å². The predicted octanol–water partition coefficient (Wildman–Crippen LogP) is 4.41. The average Bonchev–Trinajstić information content (AvgIpc) is 2.26. The molecule has 0 amide bonds. The molecule has 0 heterocycles. The van der Waals surface area contributed by atoms with Gasteiger partial charge >= 0.3 is 5.97 Å². The molecule has 1 unspecified atom stereocenters. The highest BCUT2D eigenvalue weighted by molar-refractivity contribution is 5.66. The summed E-state index contributed by atoms with van der Waals surface area (Å²) in [5.74, 6) is -0.175. The minimum atomic E-state index is -0.175. The zero-order valence-corrected chi connectivity index (χ0v) is 11.3. The molecule has 1 atom stereocenters. The van der Waals surface area contributed by atoms with Gasteiger partial charge in [-0.2, -0.15) is 0 Å². The minimum absolute atomic E-state index is 0.0722. The number of unbranched alkanes of at least 4 members (excludes halogenated alkanes) is 5. The predicted molar refractivity (Wildman–Crippen MR) is 72.9 cm³/mol. The molecule has 0 aliphatic heterocycles. The van der Waals surface area contributed by atoms with E-state index in [4.69, 9.17) is 4.74 Å². The van der Waals surface area contributed by atoms with E-state index in [9.17, 15) is 4.79 Å². The number of hydrogen-bond acceptors (Lipinski definition) is 2. The Bertz CT molecular complexity index is 231. The first-order chi connectivity index (χ1) is 8.16. The van der Waals surface area contributed by atoms with E-state index in [-0.39, 0.29) is 12.1 Å². The highest BCUT2D eigenvalue weighted by atomic mass is 16.5. The first-order valence-corrected chi connectivity index (χ1v) is 6.61. The molecule has 0 aliphatic carbocycles.